The molecule has 1 atom stereocenters. The summed E-state index contributed by atoms with van der Waals surface area (Å²) in [6.45, 7) is 1.10. The molecule has 28 heavy (non-hydrogen) atoms. The van der Waals surface area contributed by atoms with Crippen LogP contribution in [0.1, 0.15) is 28.4 Å². The fraction of sp³-hybridized carbons (Fsp3) is 0.238. The lowest BCUT2D eigenvalue weighted by atomic mass is 10.1. The lowest BCUT2D eigenvalue weighted by molar-refractivity contribution is -0.149. The second kappa shape index (κ2) is 7.92. The maximum atomic E-state index is 12.3. The molecule has 0 spiro atoms. The van der Waals surface area contributed by atoms with Crippen LogP contribution in [0.15, 0.2) is 42.5 Å². The van der Waals surface area contributed by atoms with Gasteiger partial charge in [0, 0.05) is 18.3 Å². The van der Waals surface area contributed by atoms with Crippen LogP contribution in [-0.2, 0) is 20.7 Å². The van der Waals surface area contributed by atoms with E-state index in [0.717, 1.165) is 11.3 Å². The molecule has 1 aliphatic rings. The molecule has 0 aliphatic carbocycles. The van der Waals surface area contributed by atoms with Crippen molar-refractivity contribution in [2.45, 2.75) is 19.4 Å². The van der Waals surface area contributed by atoms with Crippen molar-refractivity contribution in [3.05, 3.63) is 59.2 Å². The first-order valence-corrected chi connectivity index (χ1v) is 8.65. The van der Waals surface area contributed by atoms with E-state index >= 15 is 0 Å². The van der Waals surface area contributed by atoms with Crippen LogP contribution in [0, 0.1) is 11.3 Å². The monoisotopic (exact) mass is 378 g/mol. The van der Waals surface area contributed by atoms with E-state index in [4.69, 9.17) is 14.7 Å². The van der Waals surface area contributed by atoms with Crippen molar-refractivity contribution < 1.29 is 23.9 Å². The summed E-state index contributed by atoms with van der Waals surface area (Å²) >= 11 is 0. The van der Waals surface area contributed by atoms with Crippen molar-refractivity contribution in [2.75, 3.05) is 18.6 Å². The first-order chi connectivity index (χ1) is 13.4. The molecule has 0 saturated heterocycles. The Bertz CT molecular complexity index is 975. The Balaban J connectivity index is 1.55. The first kappa shape index (κ1) is 19.1. The number of likely N-dealkylation sites (N-methyl/N-ethyl adjacent to an activating group) is 1. The number of Topliss-reactive ketones (excluding diaryl/α,β-unsaturated/α-hetero) is 1. The highest BCUT2D eigenvalue weighted by molar-refractivity contribution is 6.04. The van der Waals surface area contributed by atoms with Gasteiger partial charge in [0.15, 0.2) is 18.5 Å². The molecule has 7 nitrogen and oxygen atoms in total. The fourth-order valence-corrected chi connectivity index (χ4v) is 2.84. The maximum absolute atomic E-state index is 12.3. The molecule has 1 heterocycles. The predicted octanol–water partition coefficient (Wildman–Crippen LogP) is 2.27. The SMILES string of the molecule is C[C@H](Oc1ccc(C#N)cc1)C(=O)OCC(=O)c1ccc2c(c1)CC(=O)N2C. The summed E-state index contributed by atoms with van der Waals surface area (Å²) in [5.74, 6) is -0.639. The minimum atomic E-state index is -0.910. The van der Waals surface area contributed by atoms with Gasteiger partial charge in [-0.2, -0.15) is 5.26 Å². The minimum Gasteiger partial charge on any atom is -0.479 e. The average Bonchev–Trinajstić information content (AvgIpc) is 2.99. The zero-order chi connectivity index (χ0) is 20.3. The molecule has 2 aromatic carbocycles. The number of ketones is 1. The van der Waals surface area contributed by atoms with Gasteiger partial charge >= 0.3 is 5.97 Å². The summed E-state index contributed by atoms with van der Waals surface area (Å²) in [6, 6.07) is 13.3. The standard InChI is InChI=1S/C21H18N2O5/c1-13(28-17-6-3-14(11-22)4-7-17)21(26)27-12-19(24)15-5-8-18-16(9-15)10-20(25)23(18)2/h3-9,13H,10,12H2,1-2H3/t13-/m0/s1. The Kier molecular flexibility index (Phi) is 5.41. The highest BCUT2D eigenvalue weighted by Crippen LogP contribution is 2.28. The van der Waals surface area contributed by atoms with Crippen molar-refractivity contribution in [1.29, 1.82) is 5.26 Å². The van der Waals surface area contributed by atoms with E-state index in [0.29, 0.717) is 16.9 Å². The van der Waals surface area contributed by atoms with Gasteiger partial charge in [-0.1, -0.05) is 0 Å². The highest BCUT2D eigenvalue weighted by atomic mass is 16.6. The van der Waals surface area contributed by atoms with Gasteiger partial charge in [-0.05, 0) is 55.0 Å². The quantitative estimate of drug-likeness (QED) is 0.565. The van der Waals surface area contributed by atoms with Crippen molar-refractivity contribution >= 4 is 23.3 Å². The van der Waals surface area contributed by atoms with E-state index in [1.807, 2.05) is 6.07 Å². The zero-order valence-electron chi connectivity index (χ0n) is 15.5. The van der Waals surface area contributed by atoms with Gasteiger partial charge in [0.1, 0.15) is 5.75 Å². The molecule has 0 radical (unpaired) electrons. The normalized spacial score (nSPS) is 13.5. The Morgan fingerprint density at radius 3 is 2.61 bits per heavy atom. The molecule has 142 valence electrons. The van der Waals surface area contributed by atoms with E-state index in [1.54, 1.807) is 54.4 Å². The number of amides is 1. The summed E-state index contributed by atoms with van der Waals surface area (Å²) in [7, 11) is 1.69. The second-order valence-electron chi connectivity index (χ2n) is 6.40. The lowest BCUT2D eigenvalue weighted by Crippen LogP contribution is -2.28. The van der Waals surface area contributed by atoms with Crippen LogP contribution in [0.4, 0.5) is 5.69 Å². The van der Waals surface area contributed by atoms with Crippen LogP contribution in [0.5, 0.6) is 5.75 Å². The highest BCUT2D eigenvalue weighted by Gasteiger charge is 2.25. The molecule has 0 saturated carbocycles. The average molecular weight is 378 g/mol. The van der Waals surface area contributed by atoms with Crippen LogP contribution >= 0.6 is 0 Å². The van der Waals surface area contributed by atoms with Crippen LogP contribution in [-0.4, -0.2) is 37.4 Å². The molecule has 1 amide bonds. The third-order valence-corrected chi connectivity index (χ3v) is 4.45. The van der Waals surface area contributed by atoms with Gasteiger partial charge in [0.2, 0.25) is 5.91 Å². The summed E-state index contributed by atoms with van der Waals surface area (Å²) in [6.07, 6.45) is -0.658. The number of hydrogen-bond acceptors (Lipinski definition) is 6. The number of nitriles is 1. The number of benzene rings is 2. The van der Waals surface area contributed by atoms with E-state index in [1.165, 1.54) is 6.92 Å². The van der Waals surface area contributed by atoms with Crippen molar-refractivity contribution in [3.8, 4) is 11.8 Å². The number of nitrogens with zero attached hydrogens (tertiary/aromatic N) is 2. The van der Waals surface area contributed by atoms with Gasteiger partial charge in [0.25, 0.3) is 0 Å². The number of anilines is 1. The number of fused-ring (bicyclic) bond motifs is 1. The molecule has 0 N–H and O–H groups in total. The van der Waals surface area contributed by atoms with E-state index < -0.39 is 18.7 Å². The summed E-state index contributed by atoms with van der Waals surface area (Å²) in [4.78, 5) is 37.7. The van der Waals surface area contributed by atoms with Crippen LogP contribution in [0.2, 0.25) is 0 Å². The Labute approximate surface area is 162 Å². The summed E-state index contributed by atoms with van der Waals surface area (Å²) in [5.41, 5.74) is 2.43. The van der Waals surface area contributed by atoms with Gasteiger partial charge in [-0.25, -0.2) is 4.79 Å². The number of carbonyl (C=O) groups excluding carboxylic acids is 3. The number of esters is 1. The van der Waals surface area contributed by atoms with Crippen LogP contribution in [0.25, 0.3) is 0 Å². The number of carbonyl (C=O) groups is 3. The predicted molar refractivity (Wildman–Crippen MR) is 100 cm³/mol. The Morgan fingerprint density at radius 2 is 1.93 bits per heavy atom. The topological polar surface area (TPSA) is 96.7 Å². The maximum Gasteiger partial charge on any atom is 0.347 e. The molecule has 0 aromatic heterocycles. The van der Waals surface area contributed by atoms with Gasteiger partial charge < -0.3 is 14.4 Å². The molecule has 0 fully saturated rings. The number of ether oxygens (including phenoxy) is 2. The molecule has 0 unspecified atom stereocenters. The molecule has 0 bridgehead atoms. The third kappa shape index (κ3) is 4.01. The summed E-state index contributed by atoms with van der Waals surface area (Å²) < 4.78 is 10.5. The van der Waals surface area contributed by atoms with Crippen LogP contribution in [0.3, 0.4) is 0 Å². The van der Waals surface area contributed by atoms with E-state index in [2.05, 4.69) is 0 Å². The zero-order valence-corrected chi connectivity index (χ0v) is 15.5. The van der Waals surface area contributed by atoms with Crippen molar-refractivity contribution in [3.63, 3.8) is 0 Å². The lowest BCUT2D eigenvalue weighted by Gasteiger charge is -2.14. The molecular weight excluding hydrogens is 360 g/mol. The minimum absolute atomic E-state index is 0.0280. The molecule has 1 aliphatic heterocycles. The van der Waals surface area contributed by atoms with Crippen LogP contribution < -0.4 is 9.64 Å². The first-order valence-electron chi connectivity index (χ1n) is 8.65. The van der Waals surface area contributed by atoms with Crippen molar-refractivity contribution in [2.24, 2.45) is 0 Å². The Hall–Kier alpha value is -3.66. The molecule has 2 aromatic rings. The third-order valence-electron chi connectivity index (χ3n) is 4.45. The van der Waals surface area contributed by atoms with E-state index in [9.17, 15) is 14.4 Å². The molecule has 3 rings (SSSR count). The van der Waals surface area contributed by atoms with E-state index in [-0.39, 0.29) is 18.1 Å². The second-order valence-corrected chi connectivity index (χ2v) is 6.40. The number of rotatable bonds is 6. The van der Waals surface area contributed by atoms with Gasteiger partial charge in [-0.15, -0.1) is 0 Å². The van der Waals surface area contributed by atoms with Gasteiger partial charge in [0.05, 0.1) is 18.1 Å². The summed E-state index contributed by atoms with van der Waals surface area (Å²) in [5, 5.41) is 8.78. The Morgan fingerprint density at radius 1 is 1.21 bits per heavy atom. The smallest absolute Gasteiger partial charge is 0.347 e. The largest absolute Gasteiger partial charge is 0.479 e. The fourth-order valence-electron chi connectivity index (χ4n) is 2.84. The van der Waals surface area contributed by atoms with Gasteiger partial charge in [-0.3, -0.25) is 9.59 Å². The number of hydrogen-bond donors (Lipinski definition) is 0. The van der Waals surface area contributed by atoms with Crippen molar-refractivity contribution in [1.82, 2.24) is 0 Å². The molecular formula is C21H18N2O5. The molecule has 7 heteroatoms.